The molecule has 0 atom stereocenters. The zero-order valence-corrected chi connectivity index (χ0v) is 9.35. The van der Waals surface area contributed by atoms with Gasteiger partial charge in [-0.1, -0.05) is 5.16 Å². The van der Waals surface area contributed by atoms with E-state index in [-0.39, 0.29) is 6.61 Å². The van der Waals surface area contributed by atoms with Crippen LogP contribution in [-0.2, 0) is 13.0 Å². The molecular weight excluding hydrogens is 208 g/mol. The predicted octanol–water partition coefficient (Wildman–Crippen LogP) is -0.600. The summed E-state index contributed by atoms with van der Waals surface area (Å²) in [7, 11) is 0. The van der Waals surface area contributed by atoms with Crippen LogP contribution in [0.5, 0.6) is 0 Å². The predicted molar refractivity (Wildman–Crippen MR) is 57.9 cm³/mol. The van der Waals surface area contributed by atoms with Gasteiger partial charge in [-0.05, 0) is 19.5 Å². The number of hydrogen-bond donors (Lipinski definition) is 2. The highest BCUT2D eigenvalue weighted by Crippen LogP contribution is 2.04. The van der Waals surface area contributed by atoms with E-state index in [9.17, 15) is 0 Å². The van der Waals surface area contributed by atoms with Crippen molar-refractivity contribution in [3.8, 4) is 0 Å². The van der Waals surface area contributed by atoms with Crippen LogP contribution in [0.4, 0.5) is 0 Å². The molecule has 0 unspecified atom stereocenters. The fourth-order valence-corrected chi connectivity index (χ4v) is 1.81. The van der Waals surface area contributed by atoms with Crippen LogP contribution in [0, 0.1) is 0 Å². The van der Waals surface area contributed by atoms with Crippen molar-refractivity contribution in [3.05, 3.63) is 11.7 Å². The third-order valence-corrected chi connectivity index (χ3v) is 2.64. The van der Waals surface area contributed by atoms with Gasteiger partial charge in [-0.2, -0.15) is 4.98 Å². The molecular formula is C10H18N4O2. The molecule has 2 rings (SSSR count). The molecule has 0 saturated carbocycles. The topological polar surface area (TPSA) is 74.4 Å². The molecule has 90 valence electrons. The molecule has 1 aliphatic heterocycles. The molecule has 1 aromatic rings. The Bertz CT molecular complexity index is 308. The molecule has 1 aliphatic rings. The number of rotatable bonds is 4. The van der Waals surface area contributed by atoms with Crippen molar-refractivity contribution in [3.63, 3.8) is 0 Å². The Morgan fingerprint density at radius 1 is 1.38 bits per heavy atom. The third kappa shape index (κ3) is 3.26. The van der Waals surface area contributed by atoms with Crippen molar-refractivity contribution in [1.82, 2.24) is 20.4 Å². The van der Waals surface area contributed by atoms with Crippen molar-refractivity contribution < 1.29 is 9.63 Å². The summed E-state index contributed by atoms with van der Waals surface area (Å²) in [5, 5.41) is 15.9. The van der Waals surface area contributed by atoms with Crippen molar-refractivity contribution in [2.45, 2.75) is 19.4 Å². The van der Waals surface area contributed by atoms with E-state index < -0.39 is 0 Å². The molecule has 6 nitrogen and oxygen atoms in total. The summed E-state index contributed by atoms with van der Waals surface area (Å²) in [4.78, 5) is 6.53. The van der Waals surface area contributed by atoms with Gasteiger partial charge < -0.3 is 14.9 Å². The summed E-state index contributed by atoms with van der Waals surface area (Å²) >= 11 is 0. The Morgan fingerprint density at radius 2 is 2.31 bits per heavy atom. The van der Waals surface area contributed by atoms with Gasteiger partial charge in [0.1, 0.15) is 0 Å². The van der Waals surface area contributed by atoms with Crippen molar-refractivity contribution in [1.29, 1.82) is 0 Å². The van der Waals surface area contributed by atoms with Gasteiger partial charge in [0.15, 0.2) is 5.82 Å². The second-order valence-corrected chi connectivity index (χ2v) is 3.96. The van der Waals surface area contributed by atoms with Crippen LogP contribution >= 0.6 is 0 Å². The first-order valence-electron chi connectivity index (χ1n) is 5.74. The zero-order valence-electron chi connectivity index (χ0n) is 9.35. The summed E-state index contributed by atoms with van der Waals surface area (Å²) < 4.78 is 5.13. The maximum absolute atomic E-state index is 8.75. The number of aromatic nitrogens is 2. The average Bonchev–Trinajstić information content (AvgIpc) is 2.56. The maximum atomic E-state index is 8.75. The first-order valence-corrected chi connectivity index (χ1v) is 5.74. The molecule has 1 fully saturated rings. The van der Waals surface area contributed by atoms with E-state index in [4.69, 9.17) is 9.63 Å². The number of aliphatic hydroxyl groups is 1. The Labute approximate surface area is 94.6 Å². The fourth-order valence-electron chi connectivity index (χ4n) is 1.81. The van der Waals surface area contributed by atoms with E-state index in [0.717, 1.165) is 32.6 Å². The van der Waals surface area contributed by atoms with Crippen LogP contribution in [0.3, 0.4) is 0 Å². The molecule has 6 heteroatoms. The van der Waals surface area contributed by atoms with Crippen LogP contribution < -0.4 is 5.32 Å². The van der Waals surface area contributed by atoms with Gasteiger partial charge in [0.2, 0.25) is 5.89 Å². The summed E-state index contributed by atoms with van der Waals surface area (Å²) in [6.45, 7) is 4.93. The summed E-state index contributed by atoms with van der Waals surface area (Å²) in [5.41, 5.74) is 0. The Kier molecular flexibility index (Phi) is 4.26. The van der Waals surface area contributed by atoms with Crippen molar-refractivity contribution in [2.75, 3.05) is 32.8 Å². The quantitative estimate of drug-likeness (QED) is 0.714. The maximum Gasteiger partial charge on any atom is 0.240 e. The minimum atomic E-state index is 0.0621. The lowest BCUT2D eigenvalue weighted by molar-refractivity contribution is 0.238. The van der Waals surface area contributed by atoms with Crippen LogP contribution in [0.25, 0.3) is 0 Å². The van der Waals surface area contributed by atoms with E-state index >= 15 is 0 Å². The molecule has 2 heterocycles. The first-order chi connectivity index (χ1) is 7.88. The highest BCUT2D eigenvalue weighted by Gasteiger charge is 2.13. The van der Waals surface area contributed by atoms with Gasteiger partial charge in [0.25, 0.3) is 0 Å². The lowest BCUT2D eigenvalue weighted by Crippen LogP contribution is -2.27. The second-order valence-electron chi connectivity index (χ2n) is 3.96. The fraction of sp³-hybridized carbons (Fsp3) is 0.800. The highest BCUT2D eigenvalue weighted by atomic mass is 16.5. The normalized spacial score (nSPS) is 18.6. The standard InChI is InChI=1S/C10H18N4O2/c15-7-2-9-12-10(16-13-9)8-14-5-1-3-11-4-6-14/h11,15H,1-8H2. The SMILES string of the molecule is OCCc1noc(CN2CCCNCC2)n1. The van der Waals surface area contributed by atoms with Gasteiger partial charge in [0.05, 0.1) is 13.2 Å². The van der Waals surface area contributed by atoms with Crippen LogP contribution in [-0.4, -0.2) is 52.9 Å². The highest BCUT2D eigenvalue weighted by molar-refractivity contribution is 4.86. The van der Waals surface area contributed by atoms with Gasteiger partial charge in [0, 0.05) is 19.5 Å². The first kappa shape index (κ1) is 11.5. The van der Waals surface area contributed by atoms with Crippen LogP contribution in [0.15, 0.2) is 4.52 Å². The molecule has 0 aliphatic carbocycles. The van der Waals surface area contributed by atoms with Gasteiger partial charge >= 0.3 is 0 Å². The molecule has 0 amide bonds. The zero-order chi connectivity index (χ0) is 11.2. The van der Waals surface area contributed by atoms with E-state index in [2.05, 4.69) is 20.4 Å². The van der Waals surface area contributed by atoms with E-state index in [1.54, 1.807) is 0 Å². The molecule has 0 bridgehead atoms. The molecule has 1 saturated heterocycles. The lowest BCUT2D eigenvalue weighted by atomic mass is 10.4. The largest absolute Gasteiger partial charge is 0.396 e. The van der Waals surface area contributed by atoms with E-state index in [1.807, 2.05) is 0 Å². The molecule has 0 radical (unpaired) electrons. The number of nitrogens with one attached hydrogen (secondary N) is 1. The monoisotopic (exact) mass is 226 g/mol. The Hall–Kier alpha value is -0.980. The van der Waals surface area contributed by atoms with Crippen molar-refractivity contribution >= 4 is 0 Å². The summed E-state index contributed by atoms with van der Waals surface area (Å²) in [6.07, 6.45) is 1.61. The van der Waals surface area contributed by atoms with Gasteiger partial charge in [-0.15, -0.1) is 0 Å². The number of nitrogens with zero attached hydrogens (tertiary/aromatic N) is 3. The molecule has 0 aromatic carbocycles. The van der Waals surface area contributed by atoms with E-state index in [1.165, 1.54) is 0 Å². The molecule has 2 N–H and O–H groups in total. The summed E-state index contributed by atoms with van der Waals surface area (Å²) in [6, 6.07) is 0. The number of hydrogen-bond acceptors (Lipinski definition) is 6. The molecule has 0 spiro atoms. The Balaban J connectivity index is 1.86. The average molecular weight is 226 g/mol. The third-order valence-electron chi connectivity index (χ3n) is 2.64. The Morgan fingerprint density at radius 3 is 3.19 bits per heavy atom. The molecule has 16 heavy (non-hydrogen) atoms. The smallest absolute Gasteiger partial charge is 0.240 e. The summed E-state index contributed by atoms with van der Waals surface area (Å²) in [5.74, 6) is 1.23. The van der Waals surface area contributed by atoms with Gasteiger partial charge in [-0.25, -0.2) is 0 Å². The van der Waals surface area contributed by atoms with Crippen molar-refractivity contribution in [2.24, 2.45) is 0 Å². The minimum absolute atomic E-state index is 0.0621. The molecule has 1 aromatic heterocycles. The van der Waals surface area contributed by atoms with Crippen LogP contribution in [0.1, 0.15) is 18.1 Å². The van der Waals surface area contributed by atoms with E-state index in [0.29, 0.717) is 24.7 Å². The number of aliphatic hydroxyl groups excluding tert-OH is 1. The minimum Gasteiger partial charge on any atom is -0.396 e. The second kappa shape index (κ2) is 5.93. The van der Waals surface area contributed by atoms with Crippen LogP contribution in [0.2, 0.25) is 0 Å². The lowest BCUT2D eigenvalue weighted by Gasteiger charge is -2.16. The van der Waals surface area contributed by atoms with Gasteiger partial charge in [-0.3, -0.25) is 4.90 Å².